The van der Waals surface area contributed by atoms with E-state index in [2.05, 4.69) is 5.32 Å². The number of hydrogen-bond donors (Lipinski definition) is 1. The van der Waals surface area contributed by atoms with Crippen molar-refractivity contribution in [3.8, 4) is 0 Å². The number of benzene rings is 1. The minimum absolute atomic E-state index is 0.105. The molecule has 0 bridgehead atoms. The third-order valence-corrected chi connectivity index (χ3v) is 3.94. The molecule has 1 heterocycles. The van der Waals surface area contributed by atoms with Gasteiger partial charge in [-0.1, -0.05) is 36.8 Å². The first kappa shape index (κ1) is 16.3. The van der Waals surface area contributed by atoms with E-state index in [0.717, 1.165) is 31.4 Å². The fourth-order valence-corrected chi connectivity index (χ4v) is 2.64. The fourth-order valence-electron chi connectivity index (χ4n) is 2.64. The molecule has 22 heavy (non-hydrogen) atoms. The van der Waals surface area contributed by atoms with Gasteiger partial charge in [0.25, 0.3) is 0 Å². The molecule has 120 valence electrons. The van der Waals surface area contributed by atoms with E-state index in [1.165, 1.54) is 0 Å². The Morgan fingerprint density at radius 3 is 2.77 bits per heavy atom. The van der Waals surface area contributed by atoms with Crippen molar-refractivity contribution >= 4 is 11.9 Å². The van der Waals surface area contributed by atoms with Crippen molar-refractivity contribution in [2.75, 3.05) is 26.7 Å². The summed E-state index contributed by atoms with van der Waals surface area (Å²) in [6.45, 7) is 2.50. The van der Waals surface area contributed by atoms with Gasteiger partial charge < -0.3 is 15.1 Å². The lowest BCUT2D eigenvalue weighted by Gasteiger charge is -2.22. The number of rotatable bonds is 5. The SMILES string of the molecule is CN(Cc1ccccc1)C(=O)NCCN1CCCCCC1=O. The smallest absolute Gasteiger partial charge is 0.317 e. The largest absolute Gasteiger partial charge is 0.341 e. The van der Waals surface area contributed by atoms with Crippen molar-refractivity contribution in [2.45, 2.75) is 32.2 Å². The summed E-state index contributed by atoms with van der Waals surface area (Å²) in [6.07, 6.45) is 3.81. The van der Waals surface area contributed by atoms with E-state index < -0.39 is 0 Å². The van der Waals surface area contributed by atoms with Gasteiger partial charge in [0.05, 0.1) is 0 Å². The summed E-state index contributed by atoms with van der Waals surface area (Å²) in [5.41, 5.74) is 1.10. The monoisotopic (exact) mass is 303 g/mol. The van der Waals surface area contributed by atoms with Crippen LogP contribution >= 0.6 is 0 Å². The van der Waals surface area contributed by atoms with Crippen LogP contribution in [0.3, 0.4) is 0 Å². The summed E-state index contributed by atoms with van der Waals surface area (Å²) in [4.78, 5) is 27.4. The molecule has 0 unspecified atom stereocenters. The summed E-state index contributed by atoms with van der Waals surface area (Å²) >= 11 is 0. The molecule has 0 aromatic heterocycles. The van der Waals surface area contributed by atoms with Crippen molar-refractivity contribution in [3.63, 3.8) is 0 Å². The minimum atomic E-state index is -0.105. The molecular weight excluding hydrogens is 278 g/mol. The highest BCUT2D eigenvalue weighted by Crippen LogP contribution is 2.10. The third kappa shape index (κ3) is 5.06. The first-order valence-electron chi connectivity index (χ1n) is 7.97. The molecule has 5 nitrogen and oxygen atoms in total. The first-order valence-corrected chi connectivity index (χ1v) is 7.97. The first-order chi connectivity index (χ1) is 10.7. The van der Waals surface area contributed by atoms with E-state index in [4.69, 9.17) is 0 Å². The van der Waals surface area contributed by atoms with Gasteiger partial charge in [0.15, 0.2) is 0 Å². The highest BCUT2D eigenvalue weighted by atomic mass is 16.2. The average molecular weight is 303 g/mol. The van der Waals surface area contributed by atoms with Crippen LogP contribution in [0.5, 0.6) is 0 Å². The Hall–Kier alpha value is -2.04. The lowest BCUT2D eigenvalue weighted by Crippen LogP contribution is -2.42. The molecule has 1 aliphatic rings. The highest BCUT2D eigenvalue weighted by molar-refractivity contribution is 5.76. The molecule has 1 saturated heterocycles. The Kier molecular flexibility index (Phi) is 6.25. The number of carbonyl (C=O) groups excluding carboxylic acids is 2. The molecule has 0 spiro atoms. The number of likely N-dealkylation sites (tertiary alicyclic amines) is 1. The van der Waals surface area contributed by atoms with Gasteiger partial charge in [-0.05, 0) is 18.4 Å². The Morgan fingerprint density at radius 2 is 2.00 bits per heavy atom. The molecule has 0 saturated carbocycles. The van der Waals surface area contributed by atoms with Gasteiger partial charge in [0.2, 0.25) is 5.91 Å². The van der Waals surface area contributed by atoms with Gasteiger partial charge in [-0.2, -0.15) is 0 Å². The number of carbonyl (C=O) groups is 2. The van der Waals surface area contributed by atoms with Gasteiger partial charge in [0, 0.05) is 39.6 Å². The molecule has 0 atom stereocenters. The molecule has 0 radical (unpaired) electrons. The van der Waals surface area contributed by atoms with Crippen molar-refractivity contribution in [2.24, 2.45) is 0 Å². The van der Waals surface area contributed by atoms with Crippen molar-refractivity contribution in [1.29, 1.82) is 0 Å². The maximum absolute atomic E-state index is 12.0. The van der Waals surface area contributed by atoms with Gasteiger partial charge >= 0.3 is 6.03 Å². The molecule has 3 amide bonds. The van der Waals surface area contributed by atoms with Gasteiger partial charge in [-0.3, -0.25) is 4.79 Å². The standard InChI is InChI=1S/C17H25N3O2/c1-19(14-15-8-4-2-5-9-15)17(22)18-11-13-20-12-7-3-6-10-16(20)21/h2,4-5,8-9H,3,6-7,10-14H2,1H3,(H,18,22). The van der Waals surface area contributed by atoms with Crippen LogP contribution in [0.25, 0.3) is 0 Å². The summed E-state index contributed by atoms with van der Waals surface area (Å²) < 4.78 is 0. The third-order valence-electron chi connectivity index (χ3n) is 3.94. The minimum Gasteiger partial charge on any atom is -0.341 e. The molecule has 1 aromatic carbocycles. The topological polar surface area (TPSA) is 52.7 Å². The normalized spacial score (nSPS) is 15.3. The van der Waals surface area contributed by atoms with E-state index in [-0.39, 0.29) is 11.9 Å². The second-order valence-corrected chi connectivity index (χ2v) is 5.77. The number of hydrogen-bond acceptors (Lipinski definition) is 2. The summed E-state index contributed by atoms with van der Waals surface area (Å²) in [7, 11) is 1.78. The summed E-state index contributed by atoms with van der Waals surface area (Å²) in [5, 5.41) is 2.88. The molecule has 5 heteroatoms. The summed E-state index contributed by atoms with van der Waals surface area (Å²) in [6, 6.07) is 9.78. The van der Waals surface area contributed by atoms with Gasteiger partial charge in [-0.15, -0.1) is 0 Å². The van der Waals surface area contributed by atoms with Crippen molar-refractivity contribution in [3.05, 3.63) is 35.9 Å². The van der Waals surface area contributed by atoms with Crippen LogP contribution in [0.15, 0.2) is 30.3 Å². The van der Waals surface area contributed by atoms with Crippen LogP contribution in [0.1, 0.15) is 31.2 Å². The second-order valence-electron chi connectivity index (χ2n) is 5.77. The Bertz CT molecular complexity index is 490. The average Bonchev–Trinajstić information content (AvgIpc) is 2.73. The number of nitrogens with one attached hydrogen (secondary N) is 1. The molecule has 2 rings (SSSR count). The van der Waals surface area contributed by atoms with Gasteiger partial charge in [-0.25, -0.2) is 4.79 Å². The highest BCUT2D eigenvalue weighted by Gasteiger charge is 2.16. The summed E-state index contributed by atoms with van der Waals surface area (Å²) in [5.74, 6) is 0.212. The van der Waals surface area contributed by atoms with Crippen LogP contribution < -0.4 is 5.32 Å². The van der Waals surface area contributed by atoms with E-state index >= 15 is 0 Å². The zero-order valence-electron chi connectivity index (χ0n) is 13.3. The van der Waals surface area contributed by atoms with Crippen LogP contribution in [-0.4, -0.2) is 48.4 Å². The van der Waals surface area contributed by atoms with Crippen molar-refractivity contribution < 1.29 is 9.59 Å². The fraction of sp³-hybridized carbons (Fsp3) is 0.529. The van der Waals surface area contributed by atoms with Crippen molar-refractivity contribution in [1.82, 2.24) is 15.1 Å². The molecule has 1 aliphatic heterocycles. The molecule has 1 aromatic rings. The quantitative estimate of drug-likeness (QED) is 0.907. The molecular formula is C17H25N3O2. The number of urea groups is 1. The Labute approximate surface area is 132 Å². The Balaban J connectivity index is 1.71. The van der Waals surface area contributed by atoms with Crippen LogP contribution in [0, 0.1) is 0 Å². The Morgan fingerprint density at radius 1 is 1.23 bits per heavy atom. The van der Waals surface area contributed by atoms with E-state index in [0.29, 0.717) is 26.1 Å². The predicted octanol–water partition coefficient (Wildman–Crippen LogP) is 2.23. The lowest BCUT2D eigenvalue weighted by molar-refractivity contribution is -0.130. The molecule has 1 fully saturated rings. The molecule has 0 aliphatic carbocycles. The van der Waals surface area contributed by atoms with Crippen LogP contribution in [0.2, 0.25) is 0 Å². The number of nitrogens with zero attached hydrogens (tertiary/aromatic N) is 2. The van der Waals surface area contributed by atoms with E-state index in [1.807, 2.05) is 35.2 Å². The van der Waals surface area contributed by atoms with E-state index in [1.54, 1.807) is 11.9 Å². The number of amides is 3. The van der Waals surface area contributed by atoms with Crippen LogP contribution in [0.4, 0.5) is 4.79 Å². The van der Waals surface area contributed by atoms with Gasteiger partial charge in [0.1, 0.15) is 0 Å². The zero-order chi connectivity index (χ0) is 15.8. The lowest BCUT2D eigenvalue weighted by atomic mass is 10.2. The van der Waals surface area contributed by atoms with E-state index in [9.17, 15) is 9.59 Å². The maximum atomic E-state index is 12.0. The maximum Gasteiger partial charge on any atom is 0.317 e. The molecule has 1 N–H and O–H groups in total. The van der Waals surface area contributed by atoms with Crippen LogP contribution in [-0.2, 0) is 11.3 Å². The second kappa shape index (κ2) is 8.41. The predicted molar refractivity (Wildman–Crippen MR) is 86.4 cm³/mol. The zero-order valence-corrected chi connectivity index (χ0v) is 13.3.